The van der Waals surface area contributed by atoms with Crippen LogP contribution >= 0.6 is 0 Å². The number of hydrogen-bond donors (Lipinski definition) is 1. The zero-order valence-corrected chi connectivity index (χ0v) is 11.7. The number of carbonyl (C=O) groups is 1. The van der Waals surface area contributed by atoms with Crippen LogP contribution in [0.15, 0.2) is 48.5 Å². The first kappa shape index (κ1) is 13.2. The van der Waals surface area contributed by atoms with Crippen molar-refractivity contribution in [3.05, 3.63) is 59.7 Å². The van der Waals surface area contributed by atoms with Crippen molar-refractivity contribution in [2.45, 2.75) is 19.4 Å². The van der Waals surface area contributed by atoms with Gasteiger partial charge in [-0.05, 0) is 37.1 Å². The Morgan fingerprint density at radius 3 is 2.76 bits per heavy atom. The van der Waals surface area contributed by atoms with Crippen LogP contribution in [0.2, 0.25) is 0 Å². The van der Waals surface area contributed by atoms with Crippen LogP contribution < -0.4 is 10.2 Å². The Kier molecular flexibility index (Phi) is 3.33. The Morgan fingerprint density at radius 1 is 1.24 bits per heavy atom. The molecule has 1 aliphatic rings. The smallest absolute Gasteiger partial charge is 0.306 e. The molecule has 2 aromatic rings. The van der Waals surface area contributed by atoms with Crippen LogP contribution in [0.3, 0.4) is 0 Å². The van der Waals surface area contributed by atoms with Crippen molar-refractivity contribution >= 4 is 17.4 Å². The van der Waals surface area contributed by atoms with Crippen molar-refractivity contribution in [1.82, 2.24) is 0 Å². The minimum absolute atomic E-state index is 0.108. The highest BCUT2D eigenvalue weighted by Gasteiger charge is 2.30. The van der Waals surface area contributed by atoms with E-state index >= 15 is 0 Å². The quantitative estimate of drug-likeness (QED) is 0.866. The molecule has 4 heteroatoms. The van der Waals surface area contributed by atoms with E-state index in [-0.39, 0.29) is 12.1 Å². The molecule has 0 aromatic heterocycles. The lowest BCUT2D eigenvalue weighted by molar-refractivity contribution is 0.256. The fourth-order valence-corrected chi connectivity index (χ4v) is 2.74. The summed E-state index contributed by atoms with van der Waals surface area (Å²) in [6.45, 7) is 2.02. The topological polar surface area (TPSA) is 56.1 Å². The van der Waals surface area contributed by atoms with Gasteiger partial charge in [-0.2, -0.15) is 5.26 Å². The zero-order valence-electron chi connectivity index (χ0n) is 11.7. The Labute approximate surface area is 123 Å². The van der Waals surface area contributed by atoms with Crippen LogP contribution in [0.4, 0.5) is 16.2 Å². The number of para-hydroxylation sites is 2. The summed E-state index contributed by atoms with van der Waals surface area (Å²) in [5.74, 6) is 0. The fourth-order valence-electron chi connectivity index (χ4n) is 2.74. The summed E-state index contributed by atoms with van der Waals surface area (Å²) in [5, 5.41) is 11.9. The number of hydrogen-bond acceptors (Lipinski definition) is 2. The summed E-state index contributed by atoms with van der Waals surface area (Å²) >= 11 is 0. The Morgan fingerprint density at radius 2 is 1.95 bits per heavy atom. The highest BCUT2D eigenvalue weighted by Crippen LogP contribution is 2.32. The van der Waals surface area contributed by atoms with Gasteiger partial charge in [0.25, 0.3) is 0 Å². The van der Waals surface area contributed by atoms with Crippen LogP contribution in [0, 0.1) is 11.3 Å². The van der Waals surface area contributed by atoms with Crippen LogP contribution in [0.5, 0.6) is 0 Å². The molecular weight excluding hydrogens is 262 g/mol. The molecule has 0 bridgehead atoms. The van der Waals surface area contributed by atoms with E-state index in [1.807, 2.05) is 31.2 Å². The number of rotatable bonds is 1. The Hall–Kier alpha value is -2.80. The molecule has 1 atom stereocenters. The van der Waals surface area contributed by atoms with Gasteiger partial charge in [0, 0.05) is 11.7 Å². The average Bonchev–Trinajstić information content (AvgIpc) is 2.83. The average molecular weight is 277 g/mol. The Balaban J connectivity index is 1.88. The maximum absolute atomic E-state index is 12.6. The van der Waals surface area contributed by atoms with Gasteiger partial charge in [0.2, 0.25) is 0 Å². The Bertz CT molecular complexity index is 733. The number of urea groups is 1. The van der Waals surface area contributed by atoms with Crippen LogP contribution in [0.1, 0.15) is 18.1 Å². The van der Waals surface area contributed by atoms with E-state index in [0.717, 1.165) is 12.1 Å². The maximum Gasteiger partial charge on any atom is 0.326 e. The van der Waals surface area contributed by atoms with Crippen LogP contribution in [-0.4, -0.2) is 12.1 Å². The van der Waals surface area contributed by atoms with Gasteiger partial charge >= 0.3 is 6.03 Å². The number of fused-ring (bicyclic) bond motifs is 1. The first-order valence-corrected chi connectivity index (χ1v) is 6.88. The third-order valence-corrected chi connectivity index (χ3v) is 3.72. The molecule has 0 fully saturated rings. The van der Waals surface area contributed by atoms with Gasteiger partial charge in [-0.1, -0.05) is 30.3 Å². The number of carbonyl (C=O) groups excluding carboxylic acids is 1. The summed E-state index contributed by atoms with van der Waals surface area (Å²) in [7, 11) is 0. The summed E-state index contributed by atoms with van der Waals surface area (Å²) in [6.07, 6.45) is 0.851. The van der Waals surface area contributed by atoms with Gasteiger partial charge in [-0.3, -0.25) is 4.90 Å². The number of nitrogens with zero attached hydrogens (tertiary/aromatic N) is 2. The lowest BCUT2D eigenvalue weighted by atomic mass is 10.1. The third-order valence-electron chi connectivity index (χ3n) is 3.72. The molecule has 2 amide bonds. The predicted molar refractivity (Wildman–Crippen MR) is 82.3 cm³/mol. The summed E-state index contributed by atoms with van der Waals surface area (Å²) in [5.41, 5.74) is 3.12. The van der Waals surface area contributed by atoms with Gasteiger partial charge in [0.15, 0.2) is 0 Å². The zero-order chi connectivity index (χ0) is 14.8. The number of amides is 2. The molecule has 2 aromatic carbocycles. The lowest BCUT2D eigenvalue weighted by Crippen LogP contribution is -2.39. The van der Waals surface area contributed by atoms with Gasteiger partial charge in [0.05, 0.1) is 11.3 Å². The molecule has 0 saturated carbocycles. The van der Waals surface area contributed by atoms with Crippen molar-refractivity contribution in [2.75, 3.05) is 10.2 Å². The highest BCUT2D eigenvalue weighted by molar-refractivity contribution is 6.04. The fraction of sp³-hybridized carbons (Fsp3) is 0.176. The number of benzene rings is 2. The number of nitrogens with one attached hydrogen (secondary N) is 1. The number of anilines is 2. The summed E-state index contributed by atoms with van der Waals surface area (Å²) in [6, 6.07) is 16.9. The molecule has 0 spiro atoms. The van der Waals surface area contributed by atoms with Gasteiger partial charge < -0.3 is 5.32 Å². The molecule has 21 heavy (non-hydrogen) atoms. The third kappa shape index (κ3) is 2.34. The molecule has 0 aliphatic carbocycles. The molecular formula is C17H15N3O. The lowest BCUT2D eigenvalue weighted by Gasteiger charge is -2.23. The molecule has 104 valence electrons. The van der Waals surface area contributed by atoms with E-state index < -0.39 is 0 Å². The van der Waals surface area contributed by atoms with Crippen molar-refractivity contribution in [3.63, 3.8) is 0 Å². The SMILES string of the molecule is CC1Cc2ccccc2N1C(=O)Nc1ccccc1C#N. The minimum Gasteiger partial charge on any atom is -0.306 e. The maximum atomic E-state index is 12.6. The highest BCUT2D eigenvalue weighted by atomic mass is 16.2. The standard InChI is InChI=1S/C17H15N3O/c1-12-10-13-6-3-5-9-16(13)20(12)17(21)19-15-8-4-2-7-14(15)11-18/h2-9,12H,10H2,1H3,(H,19,21). The second kappa shape index (κ2) is 5.29. The second-order valence-electron chi connectivity index (χ2n) is 5.14. The van der Waals surface area contributed by atoms with E-state index in [9.17, 15) is 4.79 Å². The molecule has 1 aliphatic heterocycles. The summed E-state index contributed by atoms with van der Waals surface area (Å²) in [4.78, 5) is 14.3. The van der Waals surface area contributed by atoms with Gasteiger partial charge in [0.1, 0.15) is 6.07 Å². The van der Waals surface area contributed by atoms with E-state index in [1.54, 1.807) is 29.2 Å². The molecule has 0 radical (unpaired) electrons. The molecule has 0 saturated heterocycles. The predicted octanol–water partition coefficient (Wildman–Crippen LogP) is 3.54. The largest absolute Gasteiger partial charge is 0.326 e. The normalized spacial score (nSPS) is 16.2. The molecule has 3 rings (SSSR count). The molecule has 1 heterocycles. The van der Waals surface area contributed by atoms with E-state index in [0.29, 0.717) is 11.3 Å². The first-order valence-electron chi connectivity index (χ1n) is 6.88. The van der Waals surface area contributed by atoms with Crippen molar-refractivity contribution in [1.29, 1.82) is 5.26 Å². The molecule has 1 unspecified atom stereocenters. The van der Waals surface area contributed by atoms with Crippen molar-refractivity contribution < 1.29 is 4.79 Å². The van der Waals surface area contributed by atoms with E-state index in [4.69, 9.17) is 5.26 Å². The number of nitriles is 1. The van der Waals surface area contributed by atoms with Crippen LogP contribution in [0.25, 0.3) is 0 Å². The summed E-state index contributed by atoms with van der Waals surface area (Å²) < 4.78 is 0. The van der Waals surface area contributed by atoms with Gasteiger partial charge in [-0.25, -0.2) is 4.79 Å². The first-order chi connectivity index (χ1) is 10.2. The molecule has 4 nitrogen and oxygen atoms in total. The minimum atomic E-state index is -0.199. The van der Waals surface area contributed by atoms with Crippen LogP contribution in [-0.2, 0) is 6.42 Å². The van der Waals surface area contributed by atoms with E-state index in [1.165, 1.54) is 5.56 Å². The van der Waals surface area contributed by atoms with E-state index in [2.05, 4.69) is 11.4 Å². The monoisotopic (exact) mass is 277 g/mol. The van der Waals surface area contributed by atoms with Crippen molar-refractivity contribution in [3.8, 4) is 6.07 Å². The van der Waals surface area contributed by atoms with Crippen molar-refractivity contribution in [2.24, 2.45) is 0 Å². The second-order valence-corrected chi connectivity index (χ2v) is 5.14. The van der Waals surface area contributed by atoms with Gasteiger partial charge in [-0.15, -0.1) is 0 Å². The molecule has 1 N–H and O–H groups in total.